The number of carbonyl (C=O) groups excluding carboxylic acids is 6. The quantitative estimate of drug-likeness (QED) is 0.0283. The van der Waals surface area contributed by atoms with Crippen LogP contribution in [0.15, 0.2) is 102 Å². The number of rotatable bonds is 17. The summed E-state index contributed by atoms with van der Waals surface area (Å²) >= 11 is 0. The van der Waals surface area contributed by atoms with E-state index in [4.69, 9.17) is 53.5 Å². The number of amides is 2. The summed E-state index contributed by atoms with van der Waals surface area (Å²) in [6, 6.07) is 22.6. The number of nitrogens with two attached hydrogens (primary N) is 1. The number of carbonyl (C=O) groups is 6. The number of nitrogens with one attached hydrogen (secondary N) is 2. The van der Waals surface area contributed by atoms with E-state index < -0.39 is 131 Å². The summed E-state index contributed by atoms with van der Waals surface area (Å²) < 4.78 is 50.8. The molecule has 23 heteroatoms. The molecule has 1 saturated heterocycles. The van der Waals surface area contributed by atoms with Gasteiger partial charge in [-0.05, 0) is 98.9 Å². The van der Waals surface area contributed by atoms with Crippen LogP contribution in [0.3, 0.4) is 0 Å². The van der Waals surface area contributed by atoms with Crippen LogP contribution >= 0.6 is 0 Å². The molecule has 1 heterocycles. The fourth-order valence-corrected chi connectivity index (χ4v) is 12.2. The van der Waals surface area contributed by atoms with Gasteiger partial charge in [0.25, 0.3) is 0 Å². The molecule has 1 aliphatic heterocycles. The van der Waals surface area contributed by atoms with Crippen molar-refractivity contribution < 1.29 is 96.9 Å². The van der Waals surface area contributed by atoms with Crippen molar-refractivity contribution in [1.29, 1.82) is 0 Å². The maximum absolute atomic E-state index is 14.9. The lowest BCUT2D eigenvalue weighted by Crippen LogP contribution is -2.81. The highest BCUT2D eigenvalue weighted by atomic mass is 16.6. The molecule has 0 unspecified atom stereocenters. The molecular weight excluding hydrogens is 1130 g/mol. The maximum Gasteiger partial charge on any atom is 0.408 e. The van der Waals surface area contributed by atoms with Crippen LogP contribution in [-0.2, 0) is 42.9 Å². The predicted molar refractivity (Wildman–Crippen MR) is 315 cm³/mol. The number of aliphatic hydroxyl groups excluding tert-OH is 4. The zero-order chi connectivity index (χ0) is 64.1. The van der Waals surface area contributed by atoms with Gasteiger partial charge < -0.3 is 84.5 Å². The Morgan fingerprint density at radius 1 is 0.828 bits per heavy atom. The summed E-state index contributed by atoms with van der Waals surface area (Å²) in [4.78, 5) is 80.9. The Hall–Kier alpha value is -7.90. The first-order valence-corrected chi connectivity index (χ1v) is 28.1. The zero-order valence-electron chi connectivity index (χ0n) is 50.8. The van der Waals surface area contributed by atoms with Crippen LogP contribution in [0.2, 0.25) is 0 Å². The lowest BCUT2D eigenvalue weighted by molar-refractivity contribution is -0.346. The summed E-state index contributed by atoms with van der Waals surface area (Å²) in [5.74, 6) is -3.77. The number of hydrogen-bond donors (Lipinski definition) is 8. The van der Waals surface area contributed by atoms with Crippen molar-refractivity contribution in [3.05, 3.63) is 124 Å². The molecule has 8 rings (SSSR count). The normalized spacial score (nSPS) is 26.4. The molecule has 4 aromatic carbocycles. The van der Waals surface area contributed by atoms with Crippen molar-refractivity contribution in [2.24, 2.45) is 22.5 Å². The van der Waals surface area contributed by atoms with Gasteiger partial charge in [-0.15, -0.1) is 0 Å². The Bertz CT molecular complexity index is 3230. The summed E-state index contributed by atoms with van der Waals surface area (Å²) in [7, 11) is 6.16. The molecule has 4 aromatic rings. The molecule has 23 nitrogen and oxygen atoms in total. The molecule has 470 valence electrons. The number of Topliss-reactive ketones (excluding diaryl/α,β-unsaturated/α-hetero) is 1. The smallest absolute Gasteiger partial charge is 0.408 e. The maximum atomic E-state index is 14.9. The number of methoxy groups -OCH3 is 4. The summed E-state index contributed by atoms with van der Waals surface area (Å²) in [5, 5.41) is 63.3. The Kier molecular flexibility index (Phi) is 20.4. The Morgan fingerprint density at radius 3 is 1.97 bits per heavy atom. The van der Waals surface area contributed by atoms with Crippen molar-refractivity contribution in [3.8, 4) is 23.0 Å². The lowest BCUT2D eigenvalue weighted by Gasteiger charge is -2.67. The van der Waals surface area contributed by atoms with Gasteiger partial charge in [-0.1, -0.05) is 80.6 Å². The van der Waals surface area contributed by atoms with E-state index in [2.05, 4.69) is 10.6 Å². The first-order valence-electron chi connectivity index (χ1n) is 28.1. The van der Waals surface area contributed by atoms with Gasteiger partial charge in [0.1, 0.15) is 47.4 Å². The third kappa shape index (κ3) is 13.3. The molecule has 0 spiro atoms. The van der Waals surface area contributed by atoms with Crippen LogP contribution in [0.1, 0.15) is 101 Å². The number of fused-ring (bicyclic) bond motifs is 5. The highest BCUT2D eigenvalue weighted by Gasteiger charge is 2.78. The molecule has 4 aliphatic rings. The molecule has 87 heavy (non-hydrogen) atoms. The van der Waals surface area contributed by atoms with Gasteiger partial charge in [0.2, 0.25) is 11.7 Å². The molecule has 3 fully saturated rings. The number of benzene rings is 4. The number of anilines is 1. The Balaban J connectivity index is 0.000000313. The van der Waals surface area contributed by atoms with E-state index in [1.54, 1.807) is 117 Å². The van der Waals surface area contributed by atoms with E-state index in [0.29, 0.717) is 34.2 Å². The fraction of sp³-hybridized carbons (Fsp3) is 0.469. The third-order valence-corrected chi connectivity index (χ3v) is 16.7. The van der Waals surface area contributed by atoms with Crippen LogP contribution < -0.4 is 35.3 Å². The van der Waals surface area contributed by atoms with E-state index in [1.165, 1.54) is 33.1 Å². The summed E-state index contributed by atoms with van der Waals surface area (Å²) in [6.45, 7) is 11.3. The van der Waals surface area contributed by atoms with E-state index in [9.17, 15) is 49.2 Å². The molecule has 2 saturated carbocycles. The third-order valence-electron chi connectivity index (χ3n) is 16.7. The number of ketones is 1. The Labute approximate surface area is 504 Å². The van der Waals surface area contributed by atoms with Gasteiger partial charge in [-0.25, -0.2) is 14.4 Å². The second-order valence-electron chi connectivity index (χ2n) is 23.6. The standard InChI is InChI=1S/C43H53NO14.C21H26N2O6/c1-22-26(55-37(51)32(48)30(24-15-11-9-12-16-24)44-38(52)58-39(3,4)5)20-43(53)35(56-36(50)25-17-13-10-14-18-25)33-41(8,34(49)31(47)29(22)40(43,6)7)27(46)19-28-42(33,21-54-28)57-23(2)45;1-26-17-8-7-13(9-16(17)23-21(25)15(22)12-24)5-6-14-10-18(27-2)20(29-4)19(11-14)28-3/h9-18,26-28,30-33,35,46-48,53H,19-21H2,1-8H3,(H,44,52);5-11,15,24H,12,22H2,1-4H3,(H,23,25)/b;6-5-/t26-,27-,28+,30-,31+,32+,33-,35-,41+,42-,43+;15-/m00/s1. The van der Waals surface area contributed by atoms with E-state index in [0.717, 1.165) is 18.1 Å². The molecule has 12 atom stereocenters. The lowest BCUT2D eigenvalue weighted by atomic mass is 9.44. The highest BCUT2D eigenvalue weighted by molar-refractivity contribution is 5.97. The largest absolute Gasteiger partial charge is 0.495 e. The fourth-order valence-electron chi connectivity index (χ4n) is 12.2. The van der Waals surface area contributed by atoms with Crippen LogP contribution in [0.4, 0.5) is 10.5 Å². The molecule has 0 radical (unpaired) electrons. The second-order valence-corrected chi connectivity index (χ2v) is 23.6. The van der Waals surface area contributed by atoms with Crippen molar-refractivity contribution in [2.75, 3.05) is 47.0 Å². The van der Waals surface area contributed by atoms with Crippen molar-refractivity contribution >= 4 is 53.5 Å². The predicted octanol–water partition coefficient (Wildman–Crippen LogP) is 5.41. The number of esters is 3. The molecule has 2 bridgehead atoms. The number of aliphatic hydroxyl groups is 5. The van der Waals surface area contributed by atoms with Gasteiger partial charge in [0, 0.05) is 25.2 Å². The zero-order valence-corrected chi connectivity index (χ0v) is 50.8. The monoisotopic (exact) mass is 1210 g/mol. The van der Waals surface area contributed by atoms with Crippen LogP contribution in [-0.4, -0.2) is 162 Å². The van der Waals surface area contributed by atoms with Gasteiger partial charge in [0.15, 0.2) is 29.0 Å². The van der Waals surface area contributed by atoms with Crippen LogP contribution in [0.25, 0.3) is 12.2 Å². The van der Waals surface area contributed by atoms with Gasteiger partial charge in [-0.2, -0.15) is 0 Å². The average molecular weight is 1210 g/mol. The molecule has 2 amide bonds. The number of alkyl carbamates (subject to hydrolysis) is 1. The highest BCUT2D eigenvalue weighted by Crippen LogP contribution is 2.64. The minimum Gasteiger partial charge on any atom is -0.495 e. The number of hydrogen-bond acceptors (Lipinski definition) is 21. The van der Waals surface area contributed by atoms with Gasteiger partial charge in [-0.3, -0.25) is 14.4 Å². The molecule has 0 aromatic heterocycles. The molecule has 3 aliphatic carbocycles. The summed E-state index contributed by atoms with van der Waals surface area (Å²) in [6.07, 6.45) is -7.75. The van der Waals surface area contributed by atoms with Gasteiger partial charge in [0.05, 0.1) is 76.4 Å². The first-order chi connectivity index (χ1) is 41.0. The Morgan fingerprint density at radius 2 is 1.43 bits per heavy atom. The van der Waals surface area contributed by atoms with Crippen molar-refractivity contribution in [3.63, 3.8) is 0 Å². The van der Waals surface area contributed by atoms with E-state index >= 15 is 0 Å². The summed E-state index contributed by atoms with van der Waals surface area (Å²) in [5.41, 5.74) is -0.478. The van der Waals surface area contributed by atoms with Crippen LogP contribution in [0, 0.1) is 16.7 Å². The van der Waals surface area contributed by atoms with E-state index in [-0.39, 0.29) is 29.7 Å². The SMILES string of the molecule is CC(=O)O[C@@]12CO[C@@H]1C[C@H](O)[C@@]1(C)C(=O)[C@H](O)C3=C(C)[C@@H](OC(=O)[C@H](O)[C@@H](NC(=O)OC(C)(C)C)c4ccccc4)C[C@@](O)([C@@H](OC(=O)c4ccccc4)[C@H]21)C3(C)C.COc1ccc(/C=C\c2cc(OC)c(OC)c(OC)c2)cc1NC(=O)[C@@H](N)CO. The number of ether oxygens (including phenoxy) is 9. The first kappa shape index (κ1) is 66.6. The van der Waals surface area contributed by atoms with Gasteiger partial charge >= 0.3 is 24.0 Å². The minimum atomic E-state index is -2.35. The average Bonchev–Trinajstić information content (AvgIpc) is 0.674. The molecular formula is C64H79N3O20. The topological polar surface area (TPSA) is 337 Å². The van der Waals surface area contributed by atoms with Crippen molar-refractivity contribution in [2.45, 2.75) is 134 Å². The van der Waals surface area contributed by atoms with Crippen molar-refractivity contribution in [1.82, 2.24) is 5.32 Å². The molecule has 9 N–H and O–H groups in total. The van der Waals surface area contributed by atoms with Crippen LogP contribution in [0.5, 0.6) is 23.0 Å². The second kappa shape index (κ2) is 26.6. The van der Waals surface area contributed by atoms with E-state index in [1.807, 2.05) is 30.4 Å². The minimum absolute atomic E-state index is 0.0637.